The molecule has 0 saturated heterocycles. The van der Waals surface area contributed by atoms with Crippen LogP contribution in [0.4, 0.5) is 10.1 Å². The van der Waals surface area contributed by atoms with Gasteiger partial charge in [-0.1, -0.05) is 48.9 Å². The largest absolute Gasteiger partial charge is 0.355 e. The lowest BCUT2D eigenvalue weighted by atomic mass is 9.80. The highest BCUT2D eigenvalue weighted by molar-refractivity contribution is 6.05. The van der Waals surface area contributed by atoms with Crippen molar-refractivity contribution in [3.05, 3.63) is 77.9 Å². The van der Waals surface area contributed by atoms with Gasteiger partial charge in [0.2, 0.25) is 5.91 Å². The Labute approximate surface area is 191 Å². The Morgan fingerprint density at radius 2 is 1.82 bits per heavy atom. The standard InChI is InChI=1S/C26H25FN4O2/c27-20-9-4-5-10-22(20)31-24(32)18-16-29-23(17-7-2-1-3-8-17)30-21(18)11-14-28-25(33)19-15-26(19)12-6-13-26/h1-5,7-10,16,19H,6,11-15H2,(H,28,33)(H,31,32)/t19-/m1/s1. The molecule has 2 aliphatic rings. The number of hydrogen-bond donors (Lipinski definition) is 2. The van der Waals surface area contributed by atoms with Gasteiger partial charge in [-0.15, -0.1) is 0 Å². The van der Waals surface area contributed by atoms with Crippen LogP contribution in [0.5, 0.6) is 0 Å². The summed E-state index contributed by atoms with van der Waals surface area (Å²) in [4.78, 5) is 34.4. The van der Waals surface area contributed by atoms with E-state index in [9.17, 15) is 14.0 Å². The van der Waals surface area contributed by atoms with Crippen LogP contribution >= 0.6 is 0 Å². The number of nitrogens with one attached hydrogen (secondary N) is 2. The normalized spacial score (nSPS) is 17.8. The van der Waals surface area contributed by atoms with Gasteiger partial charge in [0.05, 0.1) is 16.9 Å². The molecule has 0 unspecified atom stereocenters. The maximum absolute atomic E-state index is 14.0. The van der Waals surface area contributed by atoms with Crippen molar-refractivity contribution >= 4 is 17.5 Å². The summed E-state index contributed by atoms with van der Waals surface area (Å²) < 4.78 is 14.0. The summed E-state index contributed by atoms with van der Waals surface area (Å²) in [6.45, 7) is 0.372. The summed E-state index contributed by atoms with van der Waals surface area (Å²) in [7, 11) is 0. The Morgan fingerprint density at radius 1 is 1.06 bits per heavy atom. The molecule has 0 aliphatic heterocycles. The molecule has 2 aliphatic carbocycles. The van der Waals surface area contributed by atoms with Crippen molar-refractivity contribution in [1.82, 2.24) is 15.3 Å². The Balaban J connectivity index is 1.34. The number of benzene rings is 2. The van der Waals surface area contributed by atoms with E-state index in [-0.39, 0.29) is 28.5 Å². The Hall–Kier alpha value is -3.61. The number of nitrogens with zero attached hydrogens (tertiary/aromatic N) is 2. The van der Waals surface area contributed by atoms with Gasteiger partial charge in [0.1, 0.15) is 5.82 Å². The average molecular weight is 445 g/mol. The van der Waals surface area contributed by atoms with Crippen LogP contribution in [0, 0.1) is 17.2 Å². The molecule has 1 atom stereocenters. The molecule has 2 aromatic carbocycles. The third kappa shape index (κ3) is 4.35. The van der Waals surface area contributed by atoms with Gasteiger partial charge in [0.25, 0.3) is 5.91 Å². The van der Waals surface area contributed by atoms with E-state index in [1.807, 2.05) is 30.3 Å². The monoisotopic (exact) mass is 444 g/mol. The first-order chi connectivity index (χ1) is 16.1. The minimum Gasteiger partial charge on any atom is -0.355 e. The Kier molecular flexibility index (Phi) is 5.62. The fourth-order valence-corrected chi connectivity index (χ4v) is 4.61. The number of rotatable bonds is 7. The molecule has 2 N–H and O–H groups in total. The fraction of sp³-hybridized carbons (Fsp3) is 0.308. The van der Waals surface area contributed by atoms with Gasteiger partial charge < -0.3 is 10.6 Å². The number of aromatic nitrogens is 2. The number of halogens is 1. The van der Waals surface area contributed by atoms with Gasteiger partial charge in [0, 0.05) is 30.6 Å². The number of hydrogen-bond acceptors (Lipinski definition) is 4. The van der Waals surface area contributed by atoms with E-state index in [1.54, 1.807) is 12.1 Å². The highest BCUT2D eigenvalue weighted by atomic mass is 19.1. The molecule has 33 heavy (non-hydrogen) atoms. The molecule has 0 radical (unpaired) electrons. The Bertz CT molecular complexity index is 1190. The molecule has 5 rings (SSSR count). The minimum absolute atomic E-state index is 0.0874. The summed E-state index contributed by atoms with van der Waals surface area (Å²) in [6, 6.07) is 15.5. The van der Waals surface area contributed by atoms with E-state index < -0.39 is 11.7 Å². The third-order valence-corrected chi connectivity index (χ3v) is 6.78. The van der Waals surface area contributed by atoms with Crippen molar-refractivity contribution in [3.63, 3.8) is 0 Å². The lowest BCUT2D eigenvalue weighted by Gasteiger charge is -2.26. The molecular formula is C26H25FN4O2. The van der Waals surface area contributed by atoms with Gasteiger partial charge in [0.15, 0.2) is 5.82 Å². The van der Waals surface area contributed by atoms with Crippen molar-refractivity contribution in [2.24, 2.45) is 11.3 Å². The van der Waals surface area contributed by atoms with Crippen molar-refractivity contribution < 1.29 is 14.0 Å². The zero-order chi connectivity index (χ0) is 22.8. The second-order valence-electron chi connectivity index (χ2n) is 8.87. The second-order valence-corrected chi connectivity index (χ2v) is 8.87. The maximum Gasteiger partial charge on any atom is 0.259 e. The lowest BCUT2D eigenvalue weighted by molar-refractivity contribution is -0.123. The molecule has 2 fully saturated rings. The van der Waals surface area contributed by atoms with Crippen LogP contribution in [-0.4, -0.2) is 28.3 Å². The van der Waals surface area contributed by atoms with E-state index in [0.717, 1.165) is 24.8 Å². The average Bonchev–Trinajstić information content (AvgIpc) is 3.58. The minimum atomic E-state index is -0.518. The van der Waals surface area contributed by atoms with Crippen LogP contribution in [0.15, 0.2) is 60.8 Å². The van der Waals surface area contributed by atoms with Crippen LogP contribution in [0.3, 0.4) is 0 Å². The van der Waals surface area contributed by atoms with E-state index in [1.165, 1.54) is 24.8 Å². The summed E-state index contributed by atoms with van der Waals surface area (Å²) >= 11 is 0. The highest BCUT2D eigenvalue weighted by Gasteiger charge is 2.60. The smallest absolute Gasteiger partial charge is 0.259 e. The first-order valence-electron chi connectivity index (χ1n) is 11.3. The van der Waals surface area contributed by atoms with Gasteiger partial charge in [-0.25, -0.2) is 14.4 Å². The highest BCUT2D eigenvalue weighted by Crippen LogP contribution is 2.65. The Morgan fingerprint density at radius 3 is 2.52 bits per heavy atom. The molecular weight excluding hydrogens is 419 g/mol. The van der Waals surface area contributed by atoms with Crippen molar-refractivity contribution in [1.29, 1.82) is 0 Å². The van der Waals surface area contributed by atoms with Crippen LogP contribution in [0.25, 0.3) is 11.4 Å². The van der Waals surface area contributed by atoms with E-state index in [2.05, 4.69) is 20.6 Å². The molecule has 168 valence electrons. The summed E-state index contributed by atoms with van der Waals surface area (Å²) in [5.41, 5.74) is 1.95. The molecule has 3 aromatic rings. The molecule has 2 amide bonds. The van der Waals surface area contributed by atoms with Gasteiger partial charge in [-0.05, 0) is 36.8 Å². The zero-order valence-electron chi connectivity index (χ0n) is 18.2. The summed E-state index contributed by atoms with van der Waals surface area (Å²) in [6.07, 6.45) is 6.34. The lowest BCUT2D eigenvalue weighted by Crippen LogP contribution is -2.31. The number of carbonyl (C=O) groups is 2. The number of carbonyl (C=O) groups excluding carboxylic acids is 2. The van der Waals surface area contributed by atoms with Crippen LogP contribution in [-0.2, 0) is 11.2 Å². The first-order valence-corrected chi connectivity index (χ1v) is 11.3. The number of para-hydroxylation sites is 1. The van der Waals surface area contributed by atoms with E-state index >= 15 is 0 Å². The van der Waals surface area contributed by atoms with Crippen LogP contribution < -0.4 is 10.6 Å². The van der Waals surface area contributed by atoms with E-state index in [0.29, 0.717) is 24.5 Å². The molecule has 1 aromatic heterocycles. The third-order valence-electron chi connectivity index (χ3n) is 6.78. The van der Waals surface area contributed by atoms with Crippen molar-refractivity contribution in [2.45, 2.75) is 32.1 Å². The summed E-state index contributed by atoms with van der Waals surface area (Å²) in [5.74, 6) is -0.299. The molecule has 0 bridgehead atoms. The predicted molar refractivity (Wildman–Crippen MR) is 123 cm³/mol. The van der Waals surface area contributed by atoms with E-state index in [4.69, 9.17) is 0 Å². The molecule has 7 heteroatoms. The van der Waals surface area contributed by atoms with Gasteiger partial charge in [-0.3, -0.25) is 9.59 Å². The van der Waals surface area contributed by atoms with Gasteiger partial charge in [-0.2, -0.15) is 0 Å². The fourth-order valence-electron chi connectivity index (χ4n) is 4.61. The van der Waals surface area contributed by atoms with Crippen molar-refractivity contribution in [2.75, 3.05) is 11.9 Å². The summed E-state index contributed by atoms with van der Waals surface area (Å²) in [5, 5.41) is 5.61. The predicted octanol–water partition coefficient (Wildman–Crippen LogP) is 4.38. The maximum atomic E-state index is 14.0. The SMILES string of the molecule is O=C(Nc1ccccc1F)c1cnc(-c2ccccc2)nc1CCNC(=O)[C@H]1CC12CCC2. The molecule has 1 spiro atoms. The molecule has 6 nitrogen and oxygen atoms in total. The quantitative estimate of drug-likeness (QED) is 0.566. The number of anilines is 1. The topological polar surface area (TPSA) is 84.0 Å². The van der Waals surface area contributed by atoms with Crippen LogP contribution in [0.1, 0.15) is 41.7 Å². The van der Waals surface area contributed by atoms with Crippen LogP contribution in [0.2, 0.25) is 0 Å². The zero-order valence-corrected chi connectivity index (χ0v) is 18.2. The molecule has 2 saturated carbocycles. The first kappa shape index (κ1) is 21.2. The van der Waals surface area contributed by atoms with Crippen molar-refractivity contribution in [3.8, 4) is 11.4 Å². The number of amides is 2. The second kappa shape index (κ2) is 8.73. The van der Waals surface area contributed by atoms with Gasteiger partial charge >= 0.3 is 0 Å². The molecule has 1 heterocycles.